The summed E-state index contributed by atoms with van der Waals surface area (Å²) in [4.78, 5) is 0. The van der Waals surface area contributed by atoms with E-state index in [2.05, 4.69) is 80.7 Å². The molecule has 0 bridgehead atoms. The van der Waals surface area contributed by atoms with E-state index in [-0.39, 0.29) is 16.7 Å². The summed E-state index contributed by atoms with van der Waals surface area (Å²) < 4.78 is 7.27. The number of fused-ring (bicyclic) bond motifs is 5. The summed E-state index contributed by atoms with van der Waals surface area (Å²) >= 11 is 0. The zero-order valence-corrected chi connectivity index (χ0v) is 24.2. The minimum atomic E-state index is -1.87. The predicted molar refractivity (Wildman–Crippen MR) is 146 cm³/mol. The minimum Gasteiger partial charge on any atom is -0.413 e. The highest BCUT2D eigenvalue weighted by Crippen LogP contribution is 2.68. The Hall–Kier alpha value is -1.11. The molecule has 2 nitrogen and oxygen atoms in total. The van der Waals surface area contributed by atoms with Crippen LogP contribution < -0.4 is 0 Å². The lowest BCUT2D eigenvalue weighted by Gasteiger charge is -2.58. The summed E-state index contributed by atoms with van der Waals surface area (Å²) in [7, 11) is -1.87. The van der Waals surface area contributed by atoms with Gasteiger partial charge in [0, 0.05) is 6.10 Å². The Morgan fingerprint density at radius 3 is 2.18 bits per heavy atom. The van der Waals surface area contributed by atoms with Gasteiger partial charge < -0.3 is 4.43 Å². The fourth-order valence-corrected chi connectivity index (χ4v) is 15.3. The normalized spacial score (nSPS) is 40.2. The van der Waals surface area contributed by atoms with Crippen molar-refractivity contribution in [1.82, 2.24) is 0 Å². The van der Waals surface area contributed by atoms with E-state index in [1.165, 1.54) is 24.8 Å². The van der Waals surface area contributed by atoms with Crippen LogP contribution in [0.2, 0.25) is 16.6 Å². The molecule has 0 aromatic heterocycles. The molecule has 34 heavy (non-hydrogen) atoms. The largest absolute Gasteiger partial charge is 0.413 e. The molecule has 4 rings (SSSR count). The zero-order valence-electron chi connectivity index (χ0n) is 23.2. The third-order valence-corrected chi connectivity index (χ3v) is 17.4. The van der Waals surface area contributed by atoms with Crippen molar-refractivity contribution in [3.05, 3.63) is 36.0 Å². The Balaban J connectivity index is 1.60. The summed E-state index contributed by atoms with van der Waals surface area (Å²) in [5, 5.41) is 9.96. The first kappa shape index (κ1) is 26.0. The maximum Gasteiger partial charge on any atom is 0.200 e. The van der Waals surface area contributed by atoms with Crippen molar-refractivity contribution in [2.24, 2.45) is 34.5 Å². The maximum atomic E-state index is 9.96. The molecule has 0 aromatic rings. The van der Waals surface area contributed by atoms with Crippen LogP contribution >= 0.6 is 0 Å². The van der Waals surface area contributed by atoms with E-state index < -0.39 is 8.32 Å². The predicted octanol–water partition coefficient (Wildman–Crippen LogP) is 8.98. The average Bonchev–Trinajstić information content (AvgIpc) is 2.96. The average molecular weight is 480 g/mol. The number of nitriles is 1. The van der Waals surface area contributed by atoms with E-state index in [0.29, 0.717) is 40.5 Å². The van der Waals surface area contributed by atoms with Crippen LogP contribution in [0.4, 0.5) is 0 Å². The summed E-state index contributed by atoms with van der Waals surface area (Å²) in [5.41, 5.74) is 6.07. The Kier molecular flexibility index (Phi) is 6.70. The van der Waals surface area contributed by atoms with E-state index in [1.54, 1.807) is 5.57 Å². The van der Waals surface area contributed by atoms with Gasteiger partial charge in [-0.15, -0.1) is 0 Å². The molecule has 188 valence electrons. The smallest absolute Gasteiger partial charge is 0.200 e. The Labute approximate surface area is 211 Å². The van der Waals surface area contributed by atoms with Crippen LogP contribution in [-0.2, 0) is 4.43 Å². The van der Waals surface area contributed by atoms with Crippen LogP contribution in [0.3, 0.4) is 0 Å². The van der Waals surface area contributed by atoms with E-state index in [1.807, 2.05) is 0 Å². The van der Waals surface area contributed by atoms with Gasteiger partial charge in [-0.2, -0.15) is 5.26 Å². The van der Waals surface area contributed by atoms with Crippen molar-refractivity contribution in [3.63, 3.8) is 0 Å². The standard InChI is InChI=1S/C31H49NOSi/c1-19(2)34(20(3)4,21(5)6)33-25-13-15-30(9)24(17-25)11-12-26-27(30)14-16-31(10)28(18-32)22(7)23(8)29(26)31/h11,19-21,25-29H,7-8,12-17H2,1-6,9-10H3/t25?,26-,27-,28?,29+,30+,31-/m1/s1. The van der Waals surface area contributed by atoms with Gasteiger partial charge in [0.1, 0.15) is 0 Å². The molecule has 0 aliphatic heterocycles. The van der Waals surface area contributed by atoms with Crippen LogP contribution in [0.1, 0.15) is 93.9 Å². The number of hydrogen-bond acceptors (Lipinski definition) is 2. The Morgan fingerprint density at radius 1 is 1.00 bits per heavy atom. The monoisotopic (exact) mass is 479 g/mol. The molecule has 0 radical (unpaired) electrons. The first-order valence-electron chi connectivity index (χ1n) is 14.0. The number of rotatable bonds is 5. The third-order valence-electron chi connectivity index (χ3n) is 11.3. The van der Waals surface area contributed by atoms with Gasteiger partial charge in [0.2, 0.25) is 8.32 Å². The van der Waals surface area contributed by atoms with Crippen LogP contribution in [0, 0.1) is 45.8 Å². The molecule has 2 unspecified atom stereocenters. The van der Waals surface area contributed by atoms with E-state index in [9.17, 15) is 5.26 Å². The highest BCUT2D eigenvalue weighted by atomic mass is 28.4. The fraction of sp³-hybridized carbons (Fsp3) is 0.774. The van der Waals surface area contributed by atoms with E-state index >= 15 is 0 Å². The van der Waals surface area contributed by atoms with Crippen molar-refractivity contribution in [2.75, 3.05) is 0 Å². The summed E-state index contributed by atoms with van der Waals surface area (Å²) in [6.07, 6.45) is 10.0. The van der Waals surface area contributed by atoms with Crippen LogP contribution in [-0.4, -0.2) is 14.4 Å². The first-order chi connectivity index (χ1) is 15.8. The number of hydrogen-bond donors (Lipinski definition) is 0. The van der Waals surface area contributed by atoms with Gasteiger partial charge in [-0.3, -0.25) is 0 Å². The van der Waals surface area contributed by atoms with Crippen molar-refractivity contribution in [3.8, 4) is 6.07 Å². The lowest BCUT2D eigenvalue weighted by Crippen LogP contribution is -2.53. The molecule has 0 spiro atoms. The Bertz CT molecular complexity index is 900. The molecular formula is C31H49NOSi. The molecule has 0 amide bonds. The second-order valence-corrected chi connectivity index (χ2v) is 19.0. The van der Waals surface area contributed by atoms with Crippen molar-refractivity contribution in [2.45, 2.75) is 117 Å². The van der Waals surface area contributed by atoms with Crippen molar-refractivity contribution < 1.29 is 4.43 Å². The van der Waals surface area contributed by atoms with Crippen molar-refractivity contribution in [1.29, 1.82) is 5.26 Å². The van der Waals surface area contributed by atoms with Gasteiger partial charge >= 0.3 is 0 Å². The van der Waals surface area contributed by atoms with Crippen LogP contribution in [0.25, 0.3) is 0 Å². The van der Waals surface area contributed by atoms with E-state index in [0.717, 1.165) is 24.8 Å². The molecule has 0 N–H and O–H groups in total. The number of nitrogens with zero attached hydrogens (tertiary/aromatic N) is 1. The van der Waals surface area contributed by atoms with Crippen LogP contribution in [0.5, 0.6) is 0 Å². The molecular weight excluding hydrogens is 430 g/mol. The highest BCUT2D eigenvalue weighted by Gasteiger charge is 2.61. The SMILES string of the molecule is C=C1C(=C)[C@H]2[C@@H]3CC=C4CC(O[Si](C(C)C)(C(C)C)C(C)C)CC[C@]4(C)[C@@H]3CC[C@]2(C)C1C#N. The topological polar surface area (TPSA) is 33.0 Å². The molecule has 4 aliphatic carbocycles. The lowest BCUT2D eigenvalue weighted by molar-refractivity contribution is -0.0326. The molecule has 3 heteroatoms. The molecule has 0 saturated heterocycles. The molecule has 3 saturated carbocycles. The van der Waals surface area contributed by atoms with Crippen molar-refractivity contribution >= 4 is 8.32 Å². The zero-order chi connectivity index (χ0) is 25.2. The number of allylic oxidation sites excluding steroid dienone is 3. The van der Waals surface area contributed by atoms with Gasteiger partial charge in [-0.05, 0) is 94.9 Å². The highest BCUT2D eigenvalue weighted by molar-refractivity contribution is 6.77. The maximum absolute atomic E-state index is 9.96. The minimum absolute atomic E-state index is 0.0170. The van der Waals surface area contributed by atoms with Gasteiger partial charge in [-0.1, -0.05) is 80.2 Å². The fourth-order valence-electron chi connectivity index (χ4n) is 9.66. The molecule has 0 aromatic carbocycles. The van der Waals surface area contributed by atoms with Gasteiger partial charge in [0.25, 0.3) is 0 Å². The van der Waals surface area contributed by atoms with Gasteiger partial charge in [0.05, 0.1) is 12.0 Å². The molecule has 4 aliphatic rings. The quantitative estimate of drug-likeness (QED) is 0.291. The summed E-state index contributed by atoms with van der Waals surface area (Å²) in [6.45, 7) is 28.1. The molecule has 0 heterocycles. The lowest BCUT2D eigenvalue weighted by atomic mass is 9.47. The van der Waals surface area contributed by atoms with Crippen LogP contribution in [0.15, 0.2) is 36.0 Å². The summed E-state index contributed by atoms with van der Waals surface area (Å²) in [6, 6.07) is 2.61. The molecule has 3 fully saturated rings. The molecule has 7 atom stereocenters. The van der Waals surface area contributed by atoms with Gasteiger partial charge in [0.15, 0.2) is 0 Å². The third kappa shape index (κ3) is 3.49. The van der Waals surface area contributed by atoms with E-state index in [4.69, 9.17) is 4.43 Å². The summed E-state index contributed by atoms with van der Waals surface area (Å²) in [5.74, 6) is 1.64. The second-order valence-electron chi connectivity index (χ2n) is 13.6. The first-order valence-corrected chi connectivity index (χ1v) is 16.1. The second kappa shape index (κ2) is 8.77. The van der Waals surface area contributed by atoms with Gasteiger partial charge in [-0.25, -0.2) is 0 Å². The Morgan fingerprint density at radius 2 is 1.62 bits per heavy atom.